The van der Waals surface area contributed by atoms with Gasteiger partial charge in [0.05, 0.1) is 33.0 Å². The Labute approximate surface area is 200 Å². The van der Waals surface area contributed by atoms with Crippen LogP contribution in [-0.2, 0) is 38.8 Å². The Kier molecular flexibility index (Phi) is 9.21. The van der Waals surface area contributed by atoms with Crippen molar-refractivity contribution in [3.8, 4) is 0 Å². The highest BCUT2D eigenvalue weighted by atomic mass is 16.6. The highest BCUT2D eigenvalue weighted by molar-refractivity contribution is 5.15. The average Bonchev–Trinajstić information content (AvgIpc) is 3.25. The maximum absolute atomic E-state index is 10.2. The third-order valence-corrected chi connectivity index (χ3v) is 5.95. The summed E-state index contributed by atoms with van der Waals surface area (Å²) in [6.07, 6.45) is -2.89. The average molecular weight is 465 g/mol. The fourth-order valence-corrected chi connectivity index (χ4v) is 4.16. The first-order chi connectivity index (χ1) is 16.8. The molecule has 1 aliphatic rings. The molecule has 6 heteroatoms. The van der Waals surface area contributed by atoms with E-state index >= 15 is 0 Å². The van der Waals surface area contributed by atoms with Crippen molar-refractivity contribution in [1.29, 1.82) is 0 Å². The van der Waals surface area contributed by atoms with E-state index in [2.05, 4.69) is 0 Å². The summed E-state index contributed by atoms with van der Waals surface area (Å²) in [6.45, 7) is 0.574. The molecule has 1 fully saturated rings. The molecule has 3 aromatic rings. The molecule has 1 aliphatic heterocycles. The van der Waals surface area contributed by atoms with E-state index in [1.54, 1.807) is 0 Å². The highest BCUT2D eigenvalue weighted by Gasteiger charge is 2.49. The van der Waals surface area contributed by atoms with Gasteiger partial charge in [-0.2, -0.15) is 0 Å². The number of hydrogen-bond donors (Lipinski definition) is 2. The molecule has 1 heterocycles. The zero-order chi connectivity index (χ0) is 23.6. The molecule has 1 saturated heterocycles. The molecule has 0 bridgehead atoms. The number of aliphatic hydroxyl groups excluding tert-OH is 2. The topological polar surface area (TPSA) is 77.4 Å². The van der Waals surface area contributed by atoms with Gasteiger partial charge in [0.1, 0.15) is 30.5 Å². The molecule has 180 valence electrons. The number of ether oxygens (including phenoxy) is 4. The molecule has 0 spiro atoms. The van der Waals surface area contributed by atoms with Crippen LogP contribution in [0.2, 0.25) is 0 Å². The van der Waals surface area contributed by atoms with E-state index in [0.29, 0.717) is 19.8 Å². The van der Waals surface area contributed by atoms with E-state index in [1.807, 2.05) is 91.0 Å². The van der Waals surface area contributed by atoms with Crippen LogP contribution in [0, 0.1) is 0 Å². The predicted octanol–water partition coefficient (Wildman–Crippen LogP) is 3.49. The maximum Gasteiger partial charge on any atom is 0.115 e. The van der Waals surface area contributed by atoms with E-state index in [-0.39, 0.29) is 13.2 Å². The van der Waals surface area contributed by atoms with Crippen molar-refractivity contribution in [3.05, 3.63) is 108 Å². The zero-order valence-corrected chi connectivity index (χ0v) is 19.1. The molecular formula is C28H32O6. The van der Waals surface area contributed by atoms with Gasteiger partial charge in [0.2, 0.25) is 0 Å². The van der Waals surface area contributed by atoms with Crippen LogP contribution in [0.5, 0.6) is 0 Å². The third-order valence-electron chi connectivity index (χ3n) is 5.95. The molecule has 0 radical (unpaired) electrons. The molecular weight excluding hydrogens is 432 g/mol. The van der Waals surface area contributed by atoms with E-state index in [0.717, 1.165) is 16.7 Å². The molecule has 34 heavy (non-hydrogen) atoms. The van der Waals surface area contributed by atoms with Gasteiger partial charge in [-0.15, -0.1) is 0 Å². The van der Waals surface area contributed by atoms with Crippen molar-refractivity contribution in [2.45, 2.75) is 50.3 Å². The number of aliphatic hydroxyl groups is 2. The largest absolute Gasteiger partial charge is 0.394 e. The van der Waals surface area contributed by atoms with Crippen molar-refractivity contribution in [2.24, 2.45) is 0 Å². The summed E-state index contributed by atoms with van der Waals surface area (Å²) in [5, 5.41) is 20.2. The molecule has 6 nitrogen and oxygen atoms in total. The lowest BCUT2D eigenvalue weighted by Crippen LogP contribution is -2.44. The second-order valence-corrected chi connectivity index (χ2v) is 8.36. The van der Waals surface area contributed by atoms with Crippen LogP contribution in [0.1, 0.15) is 16.7 Å². The van der Waals surface area contributed by atoms with Gasteiger partial charge in [0, 0.05) is 0 Å². The Hall–Kier alpha value is -2.58. The first-order valence-corrected chi connectivity index (χ1v) is 11.6. The third kappa shape index (κ3) is 6.51. The minimum absolute atomic E-state index is 0.224. The van der Waals surface area contributed by atoms with Crippen LogP contribution in [0.3, 0.4) is 0 Å². The molecule has 0 saturated carbocycles. The lowest BCUT2D eigenvalue weighted by Gasteiger charge is -2.28. The van der Waals surface area contributed by atoms with Gasteiger partial charge in [0.15, 0.2) is 0 Å². The molecule has 5 atom stereocenters. The van der Waals surface area contributed by atoms with Crippen LogP contribution in [0.15, 0.2) is 91.0 Å². The summed E-state index contributed by atoms with van der Waals surface area (Å²) in [7, 11) is 0. The summed E-state index contributed by atoms with van der Waals surface area (Å²) in [6, 6.07) is 29.5. The first kappa shape index (κ1) is 24.5. The lowest BCUT2D eigenvalue weighted by atomic mass is 10.0. The first-order valence-electron chi connectivity index (χ1n) is 11.6. The van der Waals surface area contributed by atoms with E-state index in [1.165, 1.54) is 0 Å². The minimum atomic E-state index is -0.639. The van der Waals surface area contributed by atoms with Crippen LogP contribution in [0.4, 0.5) is 0 Å². The number of hydrogen-bond acceptors (Lipinski definition) is 6. The number of rotatable bonds is 12. The Bertz CT molecular complexity index is 952. The van der Waals surface area contributed by atoms with Gasteiger partial charge in [-0.25, -0.2) is 0 Å². The summed E-state index contributed by atoms with van der Waals surface area (Å²) >= 11 is 0. The van der Waals surface area contributed by atoms with E-state index in [4.69, 9.17) is 18.9 Å². The van der Waals surface area contributed by atoms with Gasteiger partial charge in [-0.1, -0.05) is 91.0 Å². The lowest BCUT2D eigenvalue weighted by molar-refractivity contribution is -0.134. The van der Waals surface area contributed by atoms with Gasteiger partial charge in [0.25, 0.3) is 0 Å². The summed E-state index contributed by atoms with van der Waals surface area (Å²) in [5.74, 6) is 0. The van der Waals surface area contributed by atoms with E-state index in [9.17, 15) is 10.2 Å². The normalized spacial score (nSPS) is 23.1. The van der Waals surface area contributed by atoms with Gasteiger partial charge in [-0.3, -0.25) is 0 Å². The van der Waals surface area contributed by atoms with Crippen molar-refractivity contribution >= 4 is 0 Å². The van der Waals surface area contributed by atoms with Crippen LogP contribution in [0.25, 0.3) is 0 Å². The fraction of sp³-hybridized carbons (Fsp3) is 0.357. The second kappa shape index (κ2) is 12.8. The number of benzene rings is 3. The van der Waals surface area contributed by atoms with Crippen molar-refractivity contribution in [3.63, 3.8) is 0 Å². The van der Waals surface area contributed by atoms with Gasteiger partial charge >= 0.3 is 0 Å². The molecule has 0 aromatic heterocycles. The monoisotopic (exact) mass is 464 g/mol. The van der Waals surface area contributed by atoms with E-state index < -0.39 is 30.5 Å². The molecule has 0 unspecified atom stereocenters. The van der Waals surface area contributed by atoms with Crippen LogP contribution < -0.4 is 0 Å². The summed E-state index contributed by atoms with van der Waals surface area (Å²) < 4.78 is 24.8. The zero-order valence-electron chi connectivity index (χ0n) is 19.1. The van der Waals surface area contributed by atoms with Crippen molar-refractivity contribution < 1.29 is 29.2 Å². The molecule has 4 rings (SSSR count). The Balaban J connectivity index is 1.50. The Morgan fingerprint density at radius 2 is 1.12 bits per heavy atom. The second-order valence-electron chi connectivity index (χ2n) is 8.36. The van der Waals surface area contributed by atoms with Crippen molar-refractivity contribution in [2.75, 3.05) is 13.2 Å². The maximum atomic E-state index is 10.2. The Morgan fingerprint density at radius 3 is 1.59 bits per heavy atom. The smallest absolute Gasteiger partial charge is 0.115 e. The highest BCUT2D eigenvalue weighted by Crippen LogP contribution is 2.31. The minimum Gasteiger partial charge on any atom is -0.394 e. The molecule has 0 amide bonds. The molecule has 3 aromatic carbocycles. The predicted molar refractivity (Wildman–Crippen MR) is 128 cm³/mol. The SMILES string of the molecule is OC[C@@H](OCc1ccccc1)[C@H]1O[C@H](CO)[C@@H](OCc2ccccc2)[C@@H]1OCc1ccccc1. The van der Waals surface area contributed by atoms with Gasteiger partial charge in [-0.05, 0) is 16.7 Å². The standard InChI is InChI=1S/C28H32O6/c29-16-24(31-18-21-10-4-1-5-11-21)27-28(33-20-23-14-8-3-9-15-23)26(25(17-30)34-27)32-19-22-12-6-2-7-13-22/h1-15,24-30H,16-20H2/t24-,25-,26-,27-,28+/m1/s1. The quantitative estimate of drug-likeness (QED) is 0.427. The molecule has 2 N–H and O–H groups in total. The summed E-state index contributed by atoms with van der Waals surface area (Å²) in [5.41, 5.74) is 3.03. The van der Waals surface area contributed by atoms with Crippen LogP contribution >= 0.6 is 0 Å². The van der Waals surface area contributed by atoms with Crippen molar-refractivity contribution in [1.82, 2.24) is 0 Å². The Morgan fingerprint density at radius 1 is 0.647 bits per heavy atom. The fourth-order valence-electron chi connectivity index (χ4n) is 4.16. The van der Waals surface area contributed by atoms with Crippen LogP contribution in [-0.4, -0.2) is 53.9 Å². The van der Waals surface area contributed by atoms with Gasteiger partial charge < -0.3 is 29.2 Å². The summed E-state index contributed by atoms with van der Waals surface area (Å²) in [4.78, 5) is 0. The molecule has 0 aliphatic carbocycles.